The van der Waals surface area contributed by atoms with Gasteiger partial charge in [0.15, 0.2) is 0 Å². The second-order valence-corrected chi connectivity index (χ2v) is 2.80. The third kappa shape index (κ3) is 3.00. The Morgan fingerprint density at radius 2 is 1.00 bits per heavy atom. The Morgan fingerprint density at radius 1 is 0.632 bits per heavy atom. The van der Waals surface area contributed by atoms with Gasteiger partial charge in [0.05, 0.1) is 0 Å². The molecule has 0 bridgehead atoms. The number of rotatable bonds is 3. The number of hydrogen-bond donors (Lipinski definition) is 0. The molecular weight excluding hydrogens is 316 g/mol. The van der Waals surface area contributed by atoms with E-state index in [1.165, 1.54) is 0 Å². The Kier molecular flexibility index (Phi) is 4.35. The molecule has 0 radical (unpaired) electrons. The lowest BCUT2D eigenvalue weighted by atomic mass is 10.1. The van der Waals surface area contributed by atoms with Gasteiger partial charge in [0.2, 0.25) is 0 Å². The van der Waals surface area contributed by atoms with Crippen LogP contribution in [0.15, 0.2) is 12.1 Å². The zero-order valence-corrected chi connectivity index (χ0v) is 7.94. The van der Waals surface area contributed by atoms with Crippen LogP contribution in [0.25, 0.3) is 0 Å². The summed E-state index contributed by atoms with van der Waals surface area (Å²) in [4.78, 5) is 0. The monoisotopic (exact) mass is 316 g/mol. The molecule has 13 heteroatoms. The van der Waals surface area contributed by atoms with Crippen LogP contribution < -0.4 is 0 Å². The SMILES string of the molecule is FC(F)=C(F)OC(F)(C(F)(F)F)C(F)(F)C(F)(F)F. The molecule has 0 saturated carbocycles. The molecular formula is C6F12O. The molecule has 0 spiro atoms. The van der Waals surface area contributed by atoms with E-state index >= 15 is 0 Å². The summed E-state index contributed by atoms with van der Waals surface area (Å²) in [5, 5.41) is 0. The van der Waals surface area contributed by atoms with E-state index in [4.69, 9.17) is 0 Å². The van der Waals surface area contributed by atoms with Crippen LogP contribution >= 0.6 is 0 Å². The molecule has 0 rings (SSSR count). The maximum absolute atomic E-state index is 12.8. The van der Waals surface area contributed by atoms with E-state index in [2.05, 4.69) is 0 Å². The summed E-state index contributed by atoms with van der Waals surface area (Å²) in [5.74, 6) is -14.4. The highest BCUT2D eigenvalue weighted by atomic mass is 19.4. The van der Waals surface area contributed by atoms with Gasteiger partial charge in [-0.15, -0.1) is 0 Å². The molecule has 0 fully saturated rings. The highest BCUT2D eigenvalue weighted by Crippen LogP contribution is 2.54. The fourth-order valence-electron chi connectivity index (χ4n) is 0.644. The molecule has 114 valence electrons. The Morgan fingerprint density at radius 3 is 1.21 bits per heavy atom. The highest BCUT2D eigenvalue weighted by molar-refractivity contribution is 5.00. The zero-order valence-electron chi connectivity index (χ0n) is 7.94. The van der Waals surface area contributed by atoms with Crippen molar-refractivity contribution in [3.63, 3.8) is 0 Å². The van der Waals surface area contributed by atoms with Crippen LogP contribution in [0, 0.1) is 0 Å². The van der Waals surface area contributed by atoms with E-state index in [9.17, 15) is 52.7 Å². The summed E-state index contributed by atoms with van der Waals surface area (Å²) in [6.07, 6.45) is -18.2. The number of ether oxygens (including phenoxy) is 1. The lowest BCUT2D eigenvalue weighted by molar-refractivity contribution is -0.447. The summed E-state index contributed by atoms with van der Waals surface area (Å²) in [6.45, 7) is 0. The molecule has 0 aliphatic carbocycles. The van der Waals surface area contributed by atoms with Crippen molar-refractivity contribution in [1.82, 2.24) is 0 Å². The van der Waals surface area contributed by atoms with Crippen molar-refractivity contribution in [2.24, 2.45) is 0 Å². The van der Waals surface area contributed by atoms with Crippen molar-refractivity contribution in [3.05, 3.63) is 12.1 Å². The Balaban J connectivity index is 5.92. The Bertz CT molecular complexity index is 359. The van der Waals surface area contributed by atoms with E-state index in [0.29, 0.717) is 0 Å². The first-order chi connectivity index (χ1) is 8.08. The quantitative estimate of drug-likeness (QED) is 0.552. The van der Waals surface area contributed by atoms with Gasteiger partial charge in [-0.25, -0.2) is 0 Å². The average molecular weight is 316 g/mol. The number of hydrogen-bond acceptors (Lipinski definition) is 1. The van der Waals surface area contributed by atoms with Crippen molar-refractivity contribution in [2.45, 2.75) is 24.1 Å². The van der Waals surface area contributed by atoms with Crippen molar-refractivity contribution < 1.29 is 57.4 Å². The van der Waals surface area contributed by atoms with Gasteiger partial charge in [0, 0.05) is 0 Å². The van der Waals surface area contributed by atoms with E-state index in [1.807, 2.05) is 4.74 Å². The number of alkyl halides is 9. The summed E-state index contributed by atoms with van der Waals surface area (Å²) in [7, 11) is 0. The lowest BCUT2D eigenvalue weighted by Gasteiger charge is -2.34. The summed E-state index contributed by atoms with van der Waals surface area (Å²) >= 11 is 0. The molecule has 1 atom stereocenters. The molecule has 1 nitrogen and oxygen atoms in total. The predicted molar refractivity (Wildman–Crippen MR) is 32.3 cm³/mol. The molecule has 1 unspecified atom stereocenters. The second kappa shape index (κ2) is 4.67. The standard InChI is InChI=1S/C6F12O/c7-1(8)2(9)19-4(12,6(16,17)18)3(10,11)5(13,14)15. The van der Waals surface area contributed by atoms with E-state index in [-0.39, 0.29) is 0 Å². The molecule has 0 aliphatic heterocycles. The van der Waals surface area contributed by atoms with Gasteiger partial charge in [-0.2, -0.15) is 52.7 Å². The maximum atomic E-state index is 12.8. The average Bonchev–Trinajstić information content (AvgIpc) is 2.13. The fraction of sp³-hybridized carbons (Fsp3) is 0.667. The maximum Gasteiger partial charge on any atom is 0.467 e. The van der Waals surface area contributed by atoms with Crippen LogP contribution in [0.5, 0.6) is 0 Å². The summed E-state index contributed by atoms with van der Waals surface area (Å²) < 4.78 is 144. The molecule has 0 aliphatic rings. The smallest absolute Gasteiger partial charge is 0.416 e. The topological polar surface area (TPSA) is 9.23 Å². The third-order valence-corrected chi connectivity index (χ3v) is 1.50. The van der Waals surface area contributed by atoms with Crippen LogP contribution in [-0.4, -0.2) is 24.1 Å². The van der Waals surface area contributed by atoms with Crippen molar-refractivity contribution in [2.75, 3.05) is 0 Å². The Labute approximate surface area is 95.0 Å². The first kappa shape index (κ1) is 17.7. The van der Waals surface area contributed by atoms with E-state index in [0.717, 1.165) is 0 Å². The number of halogens is 12. The van der Waals surface area contributed by atoms with Gasteiger partial charge >= 0.3 is 36.2 Å². The van der Waals surface area contributed by atoms with Crippen LogP contribution in [0.4, 0.5) is 52.7 Å². The van der Waals surface area contributed by atoms with Gasteiger partial charge in [-0.05, 0) is 0 Å². The van der Waals surface area contributed by atoms with Crippen molar-refractivity contribution >= 4 is 0 Å². The normalized spacial score (nSPS) is 16.8. The molecule has 0 aromatic heterocycles. The first-order valence-corrected chi connectivity index (χ1v) is 3.68. The predicted octanol–water partition coefficient (Wildman–Crippen LogP) is 4.46. The first-order valence-electron chi connectivity index (χ1n) is 3.68. The molecule has 19 heavy (non-hydrogen) atoms. The summed E-state index contributed by atoms with van der Waals surface area (Å²) in [6, 6.07) is -3.86. The third-order valence-electron chi connectivity index (χ3n) is 1.50. The summed E-state index contributed by atoms with van der Waals surface area (Å²) in [5.41, 5.74) is 0. The minimum absolute atomic E-state index is 1.86. The van der Waals surface area contributed by atoms with Gasteiger partial charge in [-0.1, -0.05) is 0 Å². The van der Waals surface area contributed by atoms with Crippen molar-refractivity contribution in [3.8, 4) is 0 Å². The molecule has 0 aromatic carbocycles. The van der Waals surface area contributed by atoms with Crippen LogP contribution in [0.3, 0.4) is 0 Å². The molecule has 0 aromatic rings. The van der Waals surface area contributed by atoms with Gasteiger partial charge in [0.25, 0.3) is 0 Å². The van der Waals surface area contributed by atoms with Gasteiger partial charge in [0.1, 0.15) is 0 Å². The molecule has 0 saturated heterocycles. The highest BCUT2D eigenvalue weighted by Gasteiger charge is 2.84. The molecule has 0 N–H and O–H groups in total. The van der Waals surface area contributed by atoms with E-state index < -0.39 is 36.2 Å². The molecule has 0 heterocycles. The zero-order chi connectivity index (χ0) is 15.9. The van der Waals surface area contributed by atoms with Crippen molar-refractivity contribution in [1.29, 1.82) is 0 Å². The van der Waals surface area contributed by atoms with Gasteiger partial charge < -0.3 is 4.74 Å². The molecule has 0 amide bonds. The minimum Gasteiger partial charge on any atom is -0.416 e. The van der Waals surface area contributed by atoms with Crippen LogP contribution in [-0.2, 0) is 4.74 Å². The van der Waals surface area contributed by atoms with Crippen LogP contribution in [0.1, 0.15) is 0 Å². The minimum atomic E-state index is -7.33. The second-order valence-electron chi connectivity index (χ2n) is 2.80. The Hall–Kier alpha value is -1.30. The largest absolute Gasteiger partial charge is 0.467 e. The van der Waals surface area contributed by atoms with Gasteiger partial charge in [-0.3, -0.25) is 0 Å². The lowest BCUT2D eigenvalue weighted by Crippen LogP contribution is -2.63. The fourth-order valence-corrected chi connectivity index (χ4v) is 0.644. The van der Waals surface area contributed by atoms with E-state index in [1.54, 1.807) is 0 Å². The van der Waals surface area contributed by atoms with Crippen LogP contribution in [0.2, 0.25) is 0 Å².